The van der Waals surface area contributed by atoms with E-state index in [1.54, 1.807) is 6.07 Å². The lowest BCUT2D eigenvalue weighted by atomic mass is 9.64. The van der Waals surface area contributed by atoms with Crippen LogP contribution in [0.5, 0.6) is 5.75 Å². The molecule has 0 heterocycles. The zero-order valence-electron chi connectivity index (χ0n) is 9.85. The molecule has 1 aliphatic carbocycles. The van der Waals surface area contributed by atoms with E-state index in [9.17, 15) is 4.39 Å². The van der Waals surface area contributed by atoms with Crippen molar-refractivity contribution in [3.05, 3.63) is 29.1 Å². The quantitative estimate of drug-likeness (QED) is 0.854. The van der Waals surface area contributed by atoms with Gasteiger partial charge in [0.15, 0.2) is 11.6 Å². The molecule has 0 bridgehead atoms. The maximum atomic E-state index is 13.8. The van der Waals surface area contributed by atoms with Crippen LogP contribution in [0.15, 0.2) is 12.1 Å². The fourth-order valence-electron chi connectivity index (χ4n) is 2.51. The van der Waals surface area contributed by atoms with E-state index in [4.69, 9.17) is 10.5 Å². The van der Waals surface area contributed by atoms with Gasteiger partial charge in [-0.2, -0.15) is 0 Å². The number of benzene rings is 1. The SMILES string of the molecule is COc1c(C)cc(C2(CN)CCC2)cc1F. The smallest absolute Gasteiger partial charge is 0.165 e. The molecule has 0 saturated heterocycles. The lowest BCUT2D eigenvalue weighted by Crippen LogP contribution is -2.41. The molecular formula is C13H18FNO. The van der Waals surface area contributed by atoms with Crippen LogP contribution < -0.4 is 10.5 Å². The zero-order chi connectivity index (χ0) is 11.8. The van der Waals surface area contributed by atoms with Crippen LogP contribution in [0.1, 0.15) is 30.4 Å². The minimum absolute atomic E-state index is 0.0118. The minimum Gasteiger partial charge on any atom is -0.493 e. The molecular weight excluding hydrogens is 205 g/mol. The van der Waals surface area contributed by atoms with Gasteiger partial charge in [-0.25, -0.2) is 4.39 Å². The first-order valence-electron chi connectivity index (χ1n) is 5.67. The van der Waals surface area contributed by atoms with Gasteiger partial charge in [0, 0.05) is 12.0 Å². The van der Waals surface area contributed by atoms with E-state index >= 15 is 0 Å². The van der Waals surface area contributed by atoms with Crippen molar-refractivity contribution < 1.29 is 9.13 Å². The van der Waals surface area contributed by atoms with E-state index < -0.39 is 0 Å². The largest absolute Gasteiger partial charge is 0.493 e. The van der Waals surface area contributed by atoms with Gasteiger partial charge in [-0.1, -0.05) is 12.5 Å². The molecule has 1 fully saturated rings. The molecule has 2 nitrogen and oxygen atoms in total. The molecule has 0 amide bonds. The van der Waals surface area contributed by atoms with Crippen LogP contribution in [0, 0.1) is 12.7 Å². The molecule has 3 heteroatoms. The standard InChI is InChI=1S/C13H18FNO/c1-9-6-10(7-11(14)12(9)16-2)13(8-15)4-3-5-13/h6-7H,3-5,8,15H2,1-2H3. The first kappa shape index (κ1) is 11.4. The van der Waals surface area contributed by atoms with Gasteiger partial charge < -0.3 is 10.5 Å². The Morgan fingerprint density at radius 2 is 2.12 bits per heavy atom. The Hall–Kier alpha value is -1.09. The van der Waals surface area contributed by atoms with E-state index in [1.165, 1.54) is 13.5 Å². The Balaban J connectivity index is 2.43. The van der Waals surface area contributed by atoms with Crippen LogP contribution in [0.4, 0.5) is 4.39 Å². The second kappa shape index (κ2) is 4.06. The van der Waals surface area contributed by atoms with Crippen LogP contribution in [-0.4, -0.2) is 13.7 Å². The molecule has 0 spiro atoms. The van der Waals surface area contributed by atoms with Crippen LogP contribution in [0.3, 0.4) is 0 Å². The zero-order valence-corrected chi connectivity index (χ0v) is 9.85. The summed E-state index contributed by atoms with van der Waals surface area (Å²) in [5.41, 5.74) is 7.70. The van der Waals surface area contributed by atoms with Gasteiger partial charge in [-0.15, -0.1) is 0 Å². The molecule has 0 atom stereocenters. The summed E-state index contributed by atoms with van der Waals surface area (Å²) in [6.45, 7) is 2.46. The van der Waals surface area contributed by atoms with Crippen LogP contribution in [0.25, 0.3) is 0 Å². The number of ether oxygens (including phenoxy) is 1. The monoisotopic (exact) mass is 223 g/mol. The van der Waals surface area contributed by atoms with Crippen molar-refractivity contribution in [2.45, 2.75) is 31.6 Å². The second-order valence-electron chi connectivity index (χ2n) is 4.65. The third-order valence-corrected chi connectivity index (χ3v) is 3.75. The highest BCUT2D eigenvalue weighted by Crippen LogP contribution is 2.44. The summed E-state index contributed by atoms with van der Waals surface area (Å²) < 4.78 is 18.8. The second-order valence-corrected chi connectivity index (χ2v) is 4.65. The maximum Gasteiger partial charge on any atom is 0.165 e. The number of rotatable bonds is 3. The van der Waals surface area contributed by atoms with E-state index in [0.717, 1.165) is 24.0 Å². The molecule has 1 aromatic rings. The minimum atomic E-state index is -0.280. The third-order valence-electron chi connectivity index (χ3n) is 3.75. The van der Waals surface area contributed by atoms with Crippen molar-refractivity contribution in [3.8, 4) is 5.75 Å². The fourth-order valence-corrected chi connectivity index (χ4v) is 2.51. The first-order chi connectivity index (χ1) is 7.63. The van der Waals surface area contributed by atoms with E-state index in [-0.39, 0.29) is 11.2 Å². The van der Waals surface area contributed by atoms with Crippen LogP contribution >= 0.6 is 0 Å². The summed E-state index contributed by atoms with van der Waals surface area (Å²) >= 11 is 0. The topological polar surface area (TPSA) is 35.2 Å². The normalized spacial score (nSPS) is 18.0. The van der Waals surface area contributed by atoms with Crippen molar-refractivity contribution in [2.24, 2.45) is 5.73 Å². The van der Waals surface area contributed by atoms with E-state index in [2.05, 4.69) is 0 Å². The number of hydrogen-bond donors (Lipinski definition) is 1. The molecule has 0 aromatic heterocycles. The molecule has 1 saturated carbocycles. The average Bonchev–Trinajstić information content (AvgIpc) is 2.16. The molecule has 1 aliphatic rings. The fraction of sp³-hybridized carbons (Fsp3) is 0.538. The molecule has 1 aromatic carbocycles. The van der Waals surface area contributed by atoms with Crippen molar-refractivity contribution in [2.75, 3.05) is 13.7 Å². The summed E-state index contributed by atoms with van der Waals surface area (Å²) in [6.07, 6.45) is 3.31. The molecule has 2 N–H and O–H groups in total. The van der Waals surface area contributed by atoms with Crippen LogP contribution in [-0.2, 0) is 5.41 Å². The van der Waals surface area contributed by atoms with Gasteiger partial charge in [-0.05, 0) is 37.0 Å². The molecule has 0 radical (unpaired) electrons. The Kier molecular flexibility index (Phi) is 2.89. The number of hydrogen-bond acceptors (Lipinski definition) is 2. The van der Waals surface area contributed by atoms with Gasteiger partial charge in [0.2, 0.25) is 0 Å². The van der Waals surface area contributed by atoms with E-state index in [0.29, 0.717) is 12.3 Å². The highest BCUT2D eigenvalue weighted by Gasteiger charge is 2.38. The number of aryl methyl sites for hydroxylation is 1. The summed E-state index contributed by atoms with van der Waals surface area (Å²) in [5.74, 6) is 0.0625. The lowest BCUT2D eigenvalue weighted by Gasteiger charge is -2.41. The van der Waals surface area contributed by atoms with Crippen molar-refractivity contribution in [3.63, 3.8) is 0 Å². The Morgan fingerprint density at radius 1 is 1.44 bits per heavy atom. The van der Waals surface area contributed by atoms with Crippen molar-refractivity contribution >= 4 is 0 Å². The van der Waals surface area contributed by atoms with Crippen molar-refractivity contribution in [1.29, 1.82) is 0 Å². The number of halogens is 1. The third kappa shape index (κ3) is 1.59. The number of methoxy groups -OCH3 is 1. The predicted octanol–water partition coefficient (Wildman–Crippen LogP) is 2.52. The number of nitrogens with two attached hydrogens (primary N) is 1. The summed E-state index contributed by atoms with van der Waals surface area (Å²) in [4.78, 5) is 0. The molecule has 16 heavy (non-hydrogen) atoms. The highest BCUT2D eigenvalue weighted by molar-refractivity contribution is 5.41. The summed E-state index contributed by atoms with van der Waals surface area (Å²) in [7, 11) is 1.49. The van der Waals surface area contributed by atoms with Gasteiger partial charge in [0.25, 0.3) is 0 Å². The first-order valence-corrected chi connectivity index (χ1v) is 5.67. The van der Waals surface area contributed by atoms with Gasteiger partial charge >= 0.3 is 0 Å². The van der Waals surface area contributed by atoms with Gasteiger partial charge in [0.1, 0.15) is 0 Å². The molecule has 88 valence electrons. The predicted molar refractivity (Wildman–Crippen MR) is 62.3 cm³/mol. The Bertz CT molecular complexity index is 370. The molecule has 2 rings (SSSR count). The lowest BCUT2D eigenvalue weighted by molar-refractivity contribution is 0.251. The van der Waals surface area contributed by atoms with Crippen LogP contribution in [0.2, 0.25) is 0 Å². The summed E-state index contributed by atoms with van der Waals surface area (Å²) in [6, 6.07) is 3.59. The summed E-state index contributed by atoms with van der Waals surface area (Å²) in [5, 5.41) is 0. The maximum absolute atomic E-state index is 13.8. The highest BCUT2D eigenvalue weighted by atomic mass is 19.1. The molecule has 0 aliphatic heterocycles. The Morgan fingerprint density at radius 3 is 2.50 bits per heavy atom. The molecule has 0 unspecified atom stereocenters. The van der Waals surface area contributed by atoms with Gasteiger partial charge in [-0.3, -0.25) is 0 Å². The van der Waals surface area contributed by atoms with Crippen molar-refractivity contribution in [1.82, 2.24) is 0 Å². The van der Waals surface area contributed by atoms with Gasteiger partial charge in [0.05, 0.1) is 7.11 Å². The van der Waals surface area contributed by atoms with E-state index in [1.807, 2.05) is 13.0 Å². The Labute approximate surface area is 95.6 Å². The average molecular weight is 223 g/mol.